The van der Waals surface area contributed by atoms with E-state index in [1.165, 1.54) is 186 Å². The van der Waals surface area contributed by atoms with Crippen molar-refractivity contribution < 1.29 is 9.59 Å². The minimum Gasteiger partial charge on any atom is -0.310 e. The number of hydrogen-bond acceptors (Lipinski definition) is 3. The number of rotatable bonds is 35. The maximum absolute atomic E-state index is 10.3. The van der Waals surface area contributed by atoms with E-state index >= 15 is 0 Å². The molecule has 0 amide bonds. The van der Waals surface area contributed by atoms with Gasteiger partial charge in [0, 0.05) is 6.42 Å². The zero-order valence-electron chi connectivity index (χ0n) is 25.8. The van der Waals surface area contributed by atoms with E-state index in [1.807, 2.05) is 0 Å². The van der Waals surface area contributed by atoms with Crippen molar-refractivity contribution >= 4 is 12.6 Å². The van der Waals surface area contributed by atoms with E-state index in [2.05, 4.69) is 5.32 Å². The molecular formula is C35H69NO2. The van der Waals surface area contributed by atoms with Gasteiger partial charge in [-0.05, 0) is 19.4 Å². The van der Waals surface area contributed by atoms with Gasteiger partial charge in [-0.2, -0.15) is 0 Å². The summed E-state index contributed by atoms with van der Waals surface area (Å²) < 4.78 is 0. The van der Waals surface area contributed by atoms with E-state index in [1.54, 1.807) is 0 Å². The van der Waals surface area contributed by atoms with Crippen molar-refractivity contribution in [1.82, 2.24) is 5.32 Å². The van der Waals surface area contributed by atoms with Crippen LogP contribution in [0.2, 0.25) is 0 Å². The molecule has 0 atom stereocenters. The molecule has 226 valence electrons. The molecule has 0 radical (unpaired) electrons. The predicted octanol–water partition coefficient (Wildman–Crippen LogP) is 11.1. The van der Waals surface area contributed by atoms with Crippen LogP contribution in [0.15, 0.2) is 0 Å². The molecule has 0 fully saturated rings. The van der Waals surface area contributed by atoms with Crippen LogP contribution in [0.1, 0.15) is 199 Å². The maximum Gasteiger partial charge on any atom is 0.133 e. The van der Waals surface area contributed by atoms with Crippen molar-refractivity contribution in [2.24, 2.45) is 0 Å². The number of aldehydes is 2. The molecule has 3 heteroatoms. The Balaban J connectivity index is 3.02. The third-order valence-corrected chi connectivity index (χ3v) is 8.15. The largest absolute Gasteiger partial charge is 0.310 e. The second-order valence-corrected chi connectivity index (χ2v) is 11.9. The van der Waals surface area contributed by atoms with E-state index < -0.39 is 0 Å². The number of carbonyl (C=O) groups is 2. The molecule has 0 rings (SSSR count). The van der Waals surface area contributed by atoms with Crippen LogP contribution < -0.4 is 5.32 Å². The summed E-state index contributed by atoms with van der Waals surface area (Å²) in [5.41, 5.74) is 0. The zero-order valence-corrected chi connectivity index (χ0v) is 25.8. The van der Waals surface area contributed by atoms with Crippen LogP contribution in [0.25, 0.3) is 0 Å². The first-order valence-corrected chi connectivity index (χ1v) is 17.5. The summed E-state index contributed by atoms with van der Waals surface area (Å²) in [5.74, 6) is 0. The smallest absolute Gasteiger partial charge is 0.133 e. The molecule has 0 bridgehead atoms. The molecule has 0 aromatic rings. The number of unbranched alkanes of at least 4 members (excludes halogenated alkanes) is 30. The lowest BCUT2D eigenvalue weighted by atomic mass is 10.0. The molecule has 0 aromatic heterocycles. The summed E-state index contributed by atoms with van der Waals surface area (Å²) in [4.78, 5) is 20.5. The molecule has 0 aliphatic heterocycles. The molecule has 0 heterocycles. The quantitative estimate of drug-likeness (QED) is 0.0648. The summed E-state index contributed by atoms with van der Waals surface area (Å²) in [6, 6.07) is 0. The maximum atomic E-state index is 10.3. The van der Waals surface area contributed by atoms with E-state index in [0.717, 1.165) is 32.0 Å². The lowest BCUT2D eigenvalue weighted by Crippen LogP contribution is -2.17. The van der Waals surface area contributed by atoms with Gasteiger partial charge in [-0.25, -0.2) is 0 Å². The van der Waals surface area contributed by atoms with Crippen LogP contribution in [0.3, 0.4) is 0 Å². The number of hydrogen-bond donors (Lipinski definition) is 1. The molecule has 0 aliphatic rings. The van der Waals surface area contributed by atoms with Crippen molar-refractivity contribution in [3.05, 3.63) is 0 Å². The highest BCUT2D eigenvalue weighted by Gasteiger charge is 1.97. The first-order valence-electron chi connectivity index (χ1n) is 17.5. The van der Waals surface area contributed by atoms with Gasteiger partial charge in [0.25, 0.3) is 0 Å². The van der Waals surface area contributed by atoms with Crippen molar-refractivity contribution in [2.75, 3.05) is 13.1 Å². The van der Waals surface area contributed by atoms with E-state index in [9.17, 15) is 9.59 Å². The second-order valence-electron chi connectivity index (χ2n) is 11.9. The third kappa shape index (κ3) is 35.3. The summed E-state index contributed by atoms with van der Waals surface area (Å²) in [6.07, 6.45) is 44.9. The normalized spacial score (nSPS) is 11.3. The topological polar surface area (TPSA) is 46.2 Å². The van der Waals surface area contributed by atoms with Crippen molar-refractivity contribution in [3.63, 3.8) is 0 Å². The highest BCUT2D eigenvalue weighted by Crippen LogP contribution is 2.16. The molecule has 0 saturated heterocycles. The van der Waals surface area contributed by atoms with Crippen molar-refractivity contribution in [3.8, 4) is 0 Å². The molecular weight excluding hydrogens is 466 g/mol. The van der Waals surface area contributed by atoms with E-state index in [0.29, 0.717) is 6.54 Å². The summed E-state index contributed by atoms with van der Waals surface area (Å²) in [5, 5.41) is 3.14. The van der Waals surface area contributed by atoms with E-state index in [-0.39, 0.29) is 0 Å². The molecule has 0 aliphatic carbocycles. The standard InChI is InChI=1S/C35H69NO2/c37-34-31-29-27-25-23-21-19-17-15-13-11-9-7-5-3-1-2-4-6-8-10-12-14-16-18-20-22-24-26-28-30-32-36-33-35-38/h34-36H,1-33H2. The number of carbonyl (C=O) groups excluding carboxylic acids is 2. The van der Waals surface area contributed by atoms with Gasteiger partial charge < -0.3 is 14.9 Å². The zero-order chi connectivity index (χ0) is 27.5. The Morgan fingerprint density at radius 1 is 0.289 bits per heavy atom. The van der Waals surface area contributed by atoms with Gasteiger partial charge in [-0.1, -0.05) is 180 Å². The average molecular weight is 536 g/mol. The molecule has 0 spiro atoms. The van der Waals surface area contributed by atoms with Gasteiger partial charge in [0.05, 0.1) is 6.54 Å². The van der Waals surface area contributed by atoms with Crippen LogP contribution in [0.5, 0.6) is 0 Å². The second kappa shape index (κ2) is 36.3. The fourth-order valence-electron chi connectivity index (χ4n) is 5.59. The average Bonchev–Trinajstić information content (AvgIpc) is 2.93. The molecule has 0 aromatic carbocycles. The Morgan fingerprint density at radius 3 is 0.763 bits per heavy atom. The molecule has 0 unspecified atom stereocenters. The SMILES string of the molecule is O=CCCCCCCCCCCCCCCCCCCCCCCCCCCCCCCCCNCC=O. The predicted molar refractivity (Wildman–Crippen MR) is 168 cm³/mol. The summed E-state index contributed by atoms with van der Waals surface area (Å²) in [6.45, 7) is 1.50. The van der Waals surface area contributed by atoms with Gasteiger partial charge >= 0.3 is 0 Å². The van der Waals surface area contributed by atoms with Gasteiger partial charge in [-0.15, -0.1) is 0 Å². The highest BCUT2D eigenvalue weighted by molar-refractivity contribution is 5.51. The Hall–Kier alpha value is -0.700. The van der Waals surface area contributed by atoms with Gasteiger partial charge in [0.15, 0.2) is 0 Å². The third-order valence-electron chi connectivity index (χ3n) is 8.15. The van der Waals surface area contributed by atoms with Crippen LogP contribution in [-0.4, -0.2) is 25.7 Å². The Morgan fingerprint density at radius 2 is 0.526 bits per heavy atom. The van der Waals surface area contributed by atoms with Crippen molar-refractivity contribution in [2.45, 2.75) is 199 Å². The lowest BCUT2D eigenvalue weighted by molar-refractivity contribution is -0.108. The minimum atomic E-state index is 0.509. The molecule has 1 N–H and O–H groups in total. The van der Waals surface area contributed by atoms with Crippen molar-refractivity contribution in [1.29, 1.82) is 0 Å². The summed E-state index contributed by atoms with van der Waals surface area (Å²) in [7, 11) is 0. The van der Waals surface area contributed by atoms with E-state index in [4.69, 9.17) is 0 Å². The van der Waals surface area contributed by atoms with Crippen LogP contribution in [0.4, 0.5) is 0 Å². The monoisotopic (exact) mass is 536 g/mol. The molecule has 3 nitrogen and oxygen atoms in total. The number of nitrogens with one attached hydrogen (secondary N) is 1. The first-order chi connectivity index (χ1) is 18.9. The summed E-state index contributed by atoms with van der Waals surface area (Å²) >= 11 is 0. The highest BCUT2D eigenvalue weighted by atomic mass is 16.1. The van der Waals surface area contributed by atoms with Gasteiger partial charge in [0.2, 0.25) is 0 Å². The van der Waals surface area contributed by atoms with Crippen LogP contribution in [0, 0.1) is 0 Å². The Labute approximate surface area is 239 Å². The Bertz CT molecular complexity index is 400. The first kappa shape index (κ1) is 37.3. The Kier molecular flexibility index (Phi) is 35.6. The lowest BCUT2D eigenvalue weighted by Gasteiger charge is -2.05. The van der Waals surface area contributed by atoms with Crippen LogP contribution in [-0.2, 0) is 9.59 Å². The minimum absolute atomic E-state index is 0.509. The van der Waals surface area contributed by atoms with Gasteiger partial charge in [-0.3, -0.25) is 0 Å². The van der Waals surface area contributed by atoms with Gasteiger partial charge in [0.1, 0.15) is 12.6 Å². The fraction of sp³-hybridized carbons (Fsp3) is 0.943. The molecule has 0 saturated carbocycles. The van der Waals surface area contributed by atoms with Crippen LogP contribution >= 0.6 is 0 Å². The fourth-order valence-corrected chi connectivity index (χ4v) is 5.59. The molecule has 38 heavy (non-hydrogen) atoms.